The molecule has 0 radical (unpaired) electrons. The molecule has 0 bridgehead atoms. The van der Waals surface area contributed by atoms with E-state index in [9.17, 15) is 13.2 Å². The van der Waals surface area contributed by atoms with Crippen LogP contribution in [0.4, 0.5) is 13.2 Å². The molecule has 0 saturated heterocycles. The highest BCUT2D eigenvalue weighted by molar-refractivity contribution is 5.50. The summed E-state index contributed by atoms with van der Waals surface area (Å²) >= 11 is 0. The zero-order chi connectivity index (χ0) is 10.6. The first-order valence-corrected chi connectivity index (χ1v) is 4.38. The molecule has 76 valence electrons. The molecule has 0 fully saturated rings. The Labute approximate surface area is 81.1 Å². The maximum atomic E-state index is 12.3. The zero-order valence-electron chi connectivity index (χ0n) is 7.81. The van der Waals surface area contributed by atoms with Gasteiger partial charge in [-0.3, -0.25) is 0 Å². The molecular formula is C11H11F3. The molecule has 0 spiro atoms. The third-order valence-corrected chi connectivity index (χ3v) is 1.76. The van der Waals surface area contributed by atoms with Gasteiger partial charge in [-0.15, -0.1) is 0 Å². The first-order chi connectivity index (χ1) is 6.54. The van der Waals surface area contributed by atoms with Crippen LogP contribution in [-0.2, 0) is 6.18 Å². The highest BCUT2D eigenvalue weighted by Crippen LogP contribution is 2.29. The van der Waals surface area contributed by atoms with Gasteiger partial charge in [-0.1, -0.05) is 31.2 Å². The molecule has 1 rings (SSSR count). The van der Waals surface area contributed by atoms with E-state index in [1.54, 1.807) is 12.1 Å². The molecule has 0 unspecified atom stereocenters. The molecule has 0 atom stereocenters. The Hall–Kier alpha value is -1.25. The van der Waals surface area contributed by atoms with Gasteiger partial charge in [0.05, 0.1) is 5.56 Å². The molecule has 0 aliphatic heterocycles. The molecule has 0 aliphatic carbocycles. The molecule has 0 heterocycles. The minimum atomic E-state index is -4.25. The number of hydrogen-bond donors (Lipinski definition) is 0. The standard InChI is InChI=1S/C11H11F3/c1-2-3-5-9-6-4-7-10(8-9)11(12,13)14/h3-8H,2H2,1H3. The van der Waals surface area contributed by atoms with E-state index in [-0.39, 0.29) is 0 Å². The van der Waals surface area contributed by atoms with Gasteiger partial charge in [-0.2, -0.15) is 13.2 Å². The lowest BCUT2D eigenvalue weighted by Crippen LogP contribution is -2.04. The van der Waals surface area contributed by atoms with Gasteiger partial charge in [0.15, 0.2) is 0 Å². The average molecular weight is 200 g/mol. The molecule has 0 aromatic heterocycles. The van der Waals surface area contributed by atoms with E-state index in [0.717, 1.165) is 18.6 Å². The summed E-state index contributed by atoms with van der Waals surface area (Å²) in [5, 5.41) is 0. The molecule has 0 nitrogen and oxygen atoms in total. The number of alkyl halides is 3. The molecule has 0 N–H and O–H groups in total. The van der Waals surface area contributed by atoms with E-state index >= 15 is 0 Å². The summed E-state index contributed by atoms with van der Waals surface area (Å²) in [4.78, 5) is 0. The predicted molar refractivity (Wildman–Crippen MR) is 50.8 cm³/mol. The van der Waals surface area contributed by atoms with Gasteiger partial charge >= 0.3 is 6.18 Å². The Kier molecular flexibility index (Phi) is 3.33. The van der Waals surface area contributed by atoms with Crippen LogP contribution in [0, 0.1) is 0 Å². The smallest absolute Gasteiger partial charge is 0.166 e. The van der Waals surface area contributed by atoms with E-state index in [4.69, 9.17) is 0 Å². The molecule has 14 heavy (non-hydrogen) atoms. The van der Waals surface area contributed by atoms with Gasteiger partial charge in [0.25, 0.3) is 0 Å². The van der Waals surface area contributed by atoms with Crippen LogP contribution in [0.25, 0.3) is 6.08 Å². The fraction of sp³-hybridized carbons (Fsp3) is 0.273. The van der Waals surface area contributed by atoms with Crippen molar-refractivity contribution in [1.82, 2.24) is 0 Å². The van der Waals surface area contributed by atoms with E-state index in [1.165, 1.54) is 6.07 Å². The second-order valence-corrected chi connectivity index (χ2v) is 2.93. The van der Waals surface area contributed by atoms with E-state index in [2.05, 4.69) is 0 Å². The van der Waals surface area contributed by atoms with Gasteiger partial charge in [0.1, 0.15) is 0 Å². The highest BCUT2D eigenvalue weighted by Gasteiger charge is 2.30. The highest BCUT2D eigenvalue weighted by atomic mass is 19.4. The minimum Gasteiger partial charge on any atom is -0.166 e. The van der Waals surface area contributed by atoms with Gasteiger partial charge in [0.2, 0.25) is 0 Å². The molecule has 0 amide bonds. The van der Waals surface area contributed by atoms with Crippen LogP contribution in [0.15, 0.2) is 30.3 Å². The fourth-order valence-electron chi connectivity index (χ4n) is 1.07. The lowest BCUT2D eigenvalue weighted by atomic mass is 10.1. The largest absolute Gasteiger partial charge is 0.416 e. The molecule has 0 aliphatic rings. The van der Waals surface area contributed by atoms with Crippen LogP contribution in [0.5, 0.6) is 0 Å². The Bertz CT molecular complexity index is 324. The Morgan fingerprint density at radius 3 is 2.57 bits per heavy atom. The Balaban J connectivity index is 2.96. The summed E-state index contributed by atoms with van der Waals surface area (Å²) in [7, 11) is 0. The van der Waals surface area contributed by atoms with Crippen LogP contribution < -0.4 is 0 Å². The zero-order valence-corrected chi connectivity index (χ0v) is 7.81. The minimum absolute atomic E-state index is 0.585. The van der Waals surface area contributed by atoms with Crippen molar-refractivity contribution in [2.75, 3.05) is 0 Å². The number of rotatable bonds is 2. The third-order valence-electron chi connectivity index (χ3n) is 1.76. The van der Waals surface area contributed by atoms with Crippen molar-refractivity contribution in [3.63, 3.8) is 0 Å². The van der Waals surface area contributed by atoms with E-state index in [0.29, 0.717) is 5.56 Å². The monoisotopic (exact) mass is 200 g/mol. The number of benzene rings is 1. The summed E-state index contributed by atoms with van der Waals surface area (Å²) in [6.07, 6.45) is 0.0804. The quantitative estimate of drug-likeness (QED) is 0.673. The number of allylic oxidation sites excluding steroid dienone is 1. The summed E-state index contributed by atoms with van der Waals surface area (Å²) < 4.78 is 36.8. The molecule has 0 saturated carbocycles. The van der Waals surface area contributed by atoms with Gasteiger partial charge in [0, 0.05) is 0 Å². The maximum absolute atomic E-state index is 12.3. The lowest BCUT2D eigenvalue weighted by Gasteiger charge is -2.06. The van der Waals surface area contributed by atoms with Crippen LogP contribution in [-0.4, -0.2) is 0 Å². The van der Waals surface area contributed by atoms with Gasteiger partial charge in [-0.05, 0) is 24.1 Å². The molecule has 3 heteroatoms. The maximum Gasteiger partial charge on any atom is 0.416 e. The normalized spacial score (nSPS) is 12.3. The summed E-state index contributed by atoms with van der Waals surface area (Å²) in [5.41, 5.74) is -0.0163. The fourth-order valence-corrected chi connectivity index (χ4v) is 1.07. The van der Waals surface area contributed by atoms with Crippen LogP contribution in [0.1, 0.15) is 24.5 Å². The van der Waals surface area contributed by atoms with Gasteiger partial charge in [-0.25, -0.2) is 0 Å². The Morgan fingerprint density at radius 1 is 1.29 bits per heavy atom. The molecule has 1 aromatic carbocycles. The van der Waals surface area contributed by atoms with Crippen molar-refractivity contribution in [3.8, 4) is 0 Å². The lowest BCUT2D eigenvalue weighted by molar-refractivity contribution is -0.137. The second-order valence-electron chi connectivity index (χ2n) is 2.93. The van der Waals surface area contributed by atoms with E-state index in [1.807, 2.05) is 13.0 Å². The van der Waals surface area contributed by atoms with Gasteiger partial charge < -0.3 is 0 Å². The Morgan fingerprint density at radius 2 is 2.00 bits per heavy atom. The third kappa shape index (κ3) is 2.91. The first-order valence-electron chi connectivity index (χ1n) is 4.38. The number of hydrogen-bond acceptors (Lipinski definition) is 0. The van der Waals surface area contributed by atoms with E-state index < -0.39 is 11.7 Å². The van der Waals surface area contributed by atoms with Crippen molar-refractivity contribution in [2.24, 2.45) is 0 Å². The first kappa shape index (κ1) is 10.8. The number of halogens is 3. The topological polar surface area (TPSA) is 0 Å². The van der Waals surface area contributed by atoms with Crippen molar-refractivity contribution in [2.45, 2.75) is 19.5 Å². The SMILES string of the molecule is CCC=Cc1cccc(C(F)(F)F)c1. The van der Waals surface area contributed by atoms with Crippen LogP contribution in [0.3, 0.4) is 0 Å². The predicted octanol–water partition coefficient (Wildman–Crippen LogP) is 4.13. The van der Waals surface area contributed by atoms with Crippen molar-refractivity contribution >= 4 is 6.08 Å². The van der Waals surface area contributed by atoms with Crippen LogP contribution in [0.2, 0.25) is 0 Å². The summed E-state index contributed by atoms with van der Waals surface area (Å²) in [5.74, 6) is 0. The summed E-state index contributed by atoms with van der Waals surface area (Å²) in [6.45, 7) is 1.93. The average Bonchev–Trinajstić information content (AvgIpc) is 2.14. The van der Waals surface area contributed by atoms with Crippen molar-refractivity contribution < 1.29 is 13.2 Å². The molecular weight excluding hydrogens is 189 g/mol. The van der Waals surface area contributed by atoms with Crippen molar-refractivity contribution in [3.05, 3.63) is 41.5 Å². The molecule has 1 aromatic rings. The summed E-state index contributed by atoms with van der Waals surface area (Å²) in [6, 6.07) is 5.29. The van der Waals surface area contributed by atoms with Crippen LogP contribution >= 0.6 is 0 Å². The second kappa shape index (κ2) is 4.31. The van der Waals surface area contributed by atoms with Crippen molar-refractivity contribution in [1.29, 1.82) is 0 Å².